The third-order valence-corrected chi connectivity index (χ3v) is 2.82. The van der Waals surface area contributed by atoms with E-state index < -0.39 is 0 Å². The van der Waals surface area contributed by atoms with Crippen LogP contribution in [0, 0.1) is 6.92 Å². The predicted molar refractivity (Wildman–Crippen MR) is 56.4 cm³/mol. The number of aromatic nitrogens is 2. The number of rotatable bonds is 2. The van der Waals surface area contributed by atoms with Gasteiger partial charge in [-0.05, 0) is 31.9 Å². The standard InChI is InChI=1S/C12H12N2O/c1-8-11(10-4-2-3-7-13-10)14-15-12(8)9-5-6-9/h2-4,7,9H,5-6H2,1H3. The summed E-state index contributed by atoms with van der Waals surface area (Å²) >= 11 is 0. The Morgan fingerprint density at radius 3 is 2.87 bits per heavy atom. The van der Waals surface area contributed by atoms with E-state index >= 15 is 0 Å². The molecule has 1 saturated carbocycles. The molecule has 2 heterocycles. The Labute approximate surface area is 88.1 Å². The van der Waals surface area contributed by atoms with Crippen molar-refractivity contribution < 1.29 is 4.52 Å². The van der Waals surface area contributed by atoms with E-state index in [0.717, 1.165) is 22.7 Å². The monoisotopic (exact) mass is 200 g/mol. The Balaban J connectivity index is 2.05. The highest BCUT2D eigenvalue weighted by molar-refractivity contribution is 5.59. The molecule has 0 N–H and O–H groups in total. The number of hydrogen-bond donors (Lipinski definition) is 0. The first-order valence-corrected chi connectivity index (χ1v) is 5.24. The molecule has 0 spiro atoms. The van der Waals surface area contributed by atoms with Crippen LogP contribution in [0.15, 0.2) is 28.9 Å². The molecule has 2 aromatic heterocycles. The third-order valence-electron chi connectivity index (χ3n) is 2.82. The minimum Gasteiger partial charge on any atom is -0.360 e. The Morgan fingerprint density at radius 1 is 1.33 bits per heavy atom. The summed E-state index contributed by atoms with van der Waals surface area (Å²) in [5.74, 6) is 1.66. The summed E-state index contributed by atoms with van der Waals surface area (Å²) in [5.41, 5.74) is 2.93. The quantitative estimate of drug-likeness (QED) is 0.748. The first kappa shape index (κ1) is 8.65. The van der Waals surface area contributed by atoms with Crippen molar-refractivity contribution in [2.45, 2.75) is 25.7 Å². The minimum absolute atomic E-state index is 0.606. The molecule has 1 aliphatic carbocycles. The lowest BCUT2D eigenvalue weighted by molar-refractivity contribution is 0.385. The van der Waals surface area contributed by atoms with Gasteiger partial charge in [0.15, 0.2) is 0 Å². The Kier molecular flexibility index (Phi) is 1.84. The highest BCUT2D eigenvalue weighted by Gasteiger charge is 2.30. The van der Waals surface area contributed by atoms with Crippen molar-refractivity contribution in [2.24, 2.45) is 0 Å². The maximum absolute atomic E-state index is 5.38. The van der Waals surface area contributed by atoms with Crippen molar-refractivity contribution in [2.75, 3.05) is 0 Å². The molecule has 0 atom stereocenters. The van der Waals surface area contributed by atoms with E-state index in [1.54, 1.807) is 6.20 Å². The molecule has 0 unspecified atom stereocenters. The molecule has 15 heavy (non-hydrogen) atoms. The van der Waals surface area contributed by atoms with Crippen LogP contribution in [0.25, 0.3) is 11.4 Å². The number of hydrogen-bond acceptors (Lipinski definition) is 3. The highest BCUT2D eigenvalue weighted by atomic mass is 16.5. The molecule has 1 fully saturated rings. The van der Waals surface area contributed by atoms with Crippen LogP contribution in [0.5, 0.6) is 0 Å². The zero-order valence-electron chi connectivity index (χ0n) is 8.60. The molecule has 0 aliphatic heterocycles. The molecule has 0 saturated heterocycles. The SMILES string of the molecule is Cc1c(-c2ccccn2)noc1C1CC1. The van der Waals surface area contributed by atoms with Gasteiger partial charge in [-0.2, -0.15) is 0 Å². The third kappa shape index (κ3) is 1.44. The molecular weight excluding hydrogens is 188 g/mol. The lowest BCUT2D eigenvalue weighted by Crippen LogP contribution is -1.85. The highest BCUT2D eigenvalue weighted by Crippen LogP contribution is 2.43. The van der Waals surface area contributed by atoms with E-state index in [9.17, 15) is 0 Å². The van der Waals surface area contributed by atoms with Gasteiger partial charge in [0.1, 0.15) is 11.5 Å². The van der Waals surface area contributed by atoms with Crippen LogP contribution in [-0.2, 0) is 0 Å². The first-order valence-electron chi connectivity index (χ1n) is 5.24. The molecule has 2 aromatic rings. The van der Waals surface area contributed by atoms with Crippen LogP contribution >= 0.6 is 0 Å². The van der Waals surface area contributed by atoms with Crippen LogP contribution in [-0.4, -0.2) is 10.1 Å². The zero-order chi connectivity index (χ0) is 10.3. The minimum atomic E-state index is 0.606. The molecule has 0 amide bonds. The Bertz CT molecular complexity index is 472. The molecule has 3 rings (SSSR count). The van der Waals surface area contributed by atoms with E-state index in [0.29, 0.717) is 5.92 Å². The van der Waals surface area contributed by atoms with E-state index in [1.165, 1.54) is 12.8 Å². The molecule has 0 aromatic carbocycles. The van der Waals surface area contributed by atoms with Crippen LogP contribution in [0.3, 0.4) is 0 Å². The summed E-state index contributed by atoms with van der Waals surface area (Å²) < 4.78 is 5.38. The van der Waals surface area contributed by atoms with Gasteiger partial charge in [0.25, 0.3) is 0 Å². The van der Waals surface area contributed by atoms with E-state index in [1.807, 2.05) is 18.2 Å². The van der Waals surface area contributed by atoms with Crippen LogP contribution < -0.4 is 0 Å². The summed E-state index contributed by atoms with van der Waals surface area (Å²) in [7, 11) is 0. The summed E-state index contributed by atoms with van der Waals surface area (Å²) in [6, 6.07) is 5.83. The van der Waals surface area contributed by atoms with Crippen molar-refractivity contribution in [3.8, 4) is 11.4 Å². The Hall–Kier alpha value is -1.64. The average molecular weight is 200 g/mol. The van der Waals surface area contributed by atoms with Crippen molar-refractivity contribution >= 4 is 0 Å². The fourth-order valence-electron chi connectivity index (χ4n) is 1.82. The van der Waals surface area contributed by atoms with Crippen molar-refractivity contribution in [1.29, 1.82) is 0 Å². The van der Waals surface area contributed by atoms with Crippen molar-refractivity contribution in [3.05, 3.63) is 35.7 Å². The van der Waals surface area contributed by atoms with Gasteiger partial charge in [-0.1, -0.05) is 11.2 Å². The van der Waals surface area contributed by atoms with E-state index in [-0.39, 0.29) is 0 Å². The molecular formula is C12H12N2O. The lowest BCUT2D eigenvalue weighted by Gasteiger charge is -1.95. The van der Waals surface area contributed by atoms with E-state index in [4.69, 9.17) is 4.52 Å². The molecule has 0 radical (unpaired) electrons. The molecule has 1 aliphatic rings. The van der Waals surface area contributed by atoms with Crippen LogP contribution in [0.1, 0.15) is 30.1 Å². The zero-order valence-corrected chi connectivity index (χ0v) is 8.60. The molecule has 3 nitrogen and oxygen atoms in total. The topological polar surface area (TPSA) is 38.9 Å². The summed E-state index contributed by atoms with van der Waals surface area (Å²) in [6.45, 7) is 2.06. The van der Waals surface area contributed by atoms with Gasteiger partial charge in [0.05, 0.1) is 5.69 Å². The van der Waals surface area contributed by atoms with Gasteiger partial charge in [-0.3, -0.25) is 4.98 Å². The van der Waals surface area contributed by atoms with Crippen molar-refractivity contribution in [3.63, 3.8) is 0 Å². The summed E-state index contributed by atoms with van der Waals surface area (Å²) in [6.07, 6.45) is 4.25. The summed E-state index contributed by atoms with van der Waals surface area (Å²) in [5, 5.41) is 4.11. The fraction of sp³-hybridized carbons (Fsp3) is 0.333. The van der Waals surface area contributed by atoms with Gasteiger partial charge in [0.2, 0.25) is 0 Å². The maximum atomic E-state index is 5.38. The van der Waals surface area contributed by atoms with Gasteiger partial charge in [0, 0.05) is 17.7 Å². The van der Waals surface area contributed by atoms with E-state index in [2.05, 4.69) is 17.1 Å². The normalized spacial score (nSPS) is 15.5. The smallest absolute Gasteiger partial charge is 0.143 e. The second-order valence-electron chi connectivity index (χ2n) is 4.01. The Morgan fingerprint density at radius 2 is 2.20 bits per heavy atom. The summed E-state index contributed by atoms with van der Waals surface area (Å²) in [4.78, 5) is 4.28. The first-order chi connectivity index (χ1) is 7.36. The van der Waals surface area contributed by atoms with Gasteiger partial charge >= 0.3 is 0 Å². The number of nitrogens with zero attached hydrogens (tertiary/aromatic N) is 2. The fourth-order valence-corrected chi connectivity index (χ4v) is 1.82. The predicted octanol–water partition coefficient (Wildman–Crippen LogP) is 2.92. The van der Waals surface area contributed by atoms with Crippen molar-refractivity contribution in [1.82, 2.24) is 10.1 Å². The molecule has 0 bridgehead atoms. The van der Waals surface area contributed by atoms with Crippen LogP contribution in [0.2, 0.25) is 0 Å². The van der Waals surface area contributed by atoms with Crippen LogP contribution in [0.4, 0.5) is 0 Å². The second kappa shape index (κ2) is 3.19. The number of pyridine rings is 1. The van der Waals surface area contributed by atoms with Gasteiger partial charge < -0.3 is 4.52 Å². The van der Waals surface area contributed by atoms with Gasteiger partial charge in [-0.15, -0.1) is 0 Å². The average Bonchev–Trinajstić information content (AvgIpc) is 3.04. The molecule has 3 heteroatoms. The lowest BCUT2D eigenvalue weighted by atomic mass is 10.1. The second-order valence-corrected chi connectivity index (χ2v) is 4.01. The van der Waals surface area contributed by atoms with Gasteiger partial charge in [-0.25, -0.2) is 0 Å². The maximum Gasteiger partial charge on any atom is 0.143 e. The molecule has 76 valence electrons. The largest absolute Gasteiger partial charge is 0.360 e.